The number of benzene rings is 1. The smallest absolute Gasteiger partial charge is 0.323 e. The first-order valence-electron chi connectivity index (χ1n) is 8.57. The molecule has 0 spiro atoms. The number of imidazole rings is 1. The first-order chi connectivity index (χ1) is 12.5. The lowest BCUT2D eigenvalue weighted by molar-refractivity contribution is -0.144. The molecule has 26 heavy (non-hydrogen) atoms. The van der Waals surface area contributed by atoms with Gasteiger partial charge in [-0.25, -0.2) is 4.98 Å². The lowest BCUT2D eigenvalue weighted by atomic mass is 10.1. The van der Waals surface area contributed by atoms with Gasteiger partial charge in [0.2, 0.25) is 0 Å². The van der Waals surface area contributed by atoms with E-state index in [-0.39, 0.29) is 0 Å². The van der Waals surface area contributed by atoms with Gasteiger partial charge in [0.05, 0.1) is 25.1 Å². The van der Waals surface area contributed by atoms with Crippen LogP contribution in [-0.4, -0.2) is 35.1 Å². The lowest BCUT2D eigenvalue weighted by Crippen LogP contribution is -2.34. The molecule has 6 nitrogen and oxygen atoms in total. The van der Waals surface area contributed by atoms with Gasteiger partial charge in [-0.1, -0.05) is 6.07 Å². The zero-order valence-corrected chi connectivity index (χ0v) is 15.2. The van der Waals surface area contributed by atoms with Crippen LogP contribution >= 0.6 is 0 Å². The molecule has 1 unspecified atom stereocenters. The molecule has 0 aliphatic rings. The van der Waals surface area contributed by atoms with Crippen molar-refractivity contribution in [1.82, 2.24) is 9.38 Å². The van der Waals surface area contributed by atoms with Crippen molar-refractivity contribution < 1.29 is 14.3 Å². The number of fused-ring (bicyclic) bond motifs is 1. The summed E-state index contributed by atoms with van der Waals surface area (Å²) in [5.41, 5.74) is 10.6. The van der Waals surface area contributed by atoms with Crippen molar-refractivity contribution in [3.05, 3.63) is 53.9 Å². The predicted octanol–water partition coefficient (Wildman–Crippen LogP) is 2.75. The van der Waals surface area contributed by atoms with E-state index in [0.29, 0.717) is 13.0 Å². The highest BCUT2D eigenvalue weighted by Gasteiger charge is 2.21. The summed E-state index contributed by atoms with van der Waals surface area (Å²) < 4.78 is 12.3. The van der Waals surface area contributed by atoms with Crippen molar-refractivity contribution in [1.29, 1.82) is 0 Å². The summed E-state index contributed by atoms with van der Waals surface area (Å²) in [4.78, 5) is 16.8. The van der Waals surface area contributed by atoms with Gasteiger partial charge in [-0.05, 0) is 49.7 Å². The zero-order chi connectivity index (χ0) is 18.7. The molecule has 1 atom stereocenters. The second kappa shape index (κ2) is 7.58. The molecule has 0 aliphatic heterocycles. The first kappa shape index (κ1) is 17.9. The van der Waals surface area contributed by atoms with E-state index in [1.165, 1.54) is 0 Å². The molecule has 2 heterocycles. The van der Waals surface area contributed by atoms with Crippen LogP contribution in [0.15, 0.2) is 42.6 Å². The van der Waals surface area contributed by atoms with Crippen LogP contribution in [0.25, 0.3) is 16.9 Å². The molecule has 3 rings (SSSR count). The largest absolute Gasteiger partial charge is 0.497 e. The van der Waals surface area contributed by atoms with Gasteiger partial charge in [0.15, 0.2) is 0 Å². The number of rotatable bonds is 6. The Morgan fingerprint density at radius 1 is 1.23 bits per heavy atom. The molecular weight excluding hydrogens is 330 g/mol. The molecule has 1 aromatic carbocycles. The molecule has 6 heteroatoms. The molecule has 2 N–H and O–H groups in total. The molecule has 3 aromatic rings. The lowest BCUT2D eigenvalue weighted by Gasteiger charge is -2.12. The number of methoxy groups -OCH3 is 1. The van der Waals surface area contributed by atoms with E-state index >= 15 is 0 Å². The number of carbonyl (C=O) groups excluding carboxylic acids is 1. The van der Waals surface area contributed by atoms with E-state index in [9.17, 15) is 4.79 Å². The minimum absolute atomic E-state index is 0.310. The van der Waals surface area contributed by atoms with Gasteiger partial charge in [-0.3, -0.25) is 4.79 Å². The average Bonchev–Trinajstić information content (AvgIpc) is 2.99. The highest BCUT2D eigenvalue weighted by atomic mass is 16.5. The van der Waals surface area contributed by atoms with E-state index in [4.69, 9.17) is 20.2 Å². The normalized spacial score (nSPS) is 12.2. The molecule has 0 fully saturated rings. The van der Waals surface area contributed by atoms with E-state index < -0.39 is 12.0 Å². The number of hydrogen-bond donors (Lipinski definition) is 1. The van der Waals surface area contributed by atoms with Crippen LogP contribution in [-0.2, 0) is 16.0 Å². The van der Waals surface area contributed by atoms with Gasteiger partial charge in [-0.15, -0.1) is 0 Å². The molecule has 0 radical (unpaired) electrons. The van der Waals surface area contributed by atoms with Crippen LogP contribution in [0.2, 0.25) is 0 Å². The Kier molecular flexibility index (Phi) is 5.23. The highest BCUT2D eigenvalue weighted by Crippen LogP contribution is 2.27. The Morgan fingerprint density at radius 2 is 1.96 bits per heavy atom. The Labute approximate surface area is 152 Å². The minimum Gasteiger partial charge on any atom is -0.497 e. The number of hydrogen-bond acceptors (Lipinski definition) is 5. The average molecular weight is 353 g/mol. The standard InChI is InChI=1S/C20H23N3O3/c1-4-26-20(24)16(21)11-17-19(14-6-8-15(25-3)9-7-14)22-18-10-5-13(2)12-23(17)18/h5-10,12,16H,4,11,21H2,1-3H3. The number of aromatic nitrogens is 2. The third-order valence-corrected chi connectivity index (χ3v) is 4.23. The molecule has 0 saturated carbocycles. The van der Waals surface area contributed by atoms with Crippen molar-refractivity contribution in [3.8, 4) is 17.0 Å². The fourth-order valence-electron chi connectivity index (χ4n) is 2.92. The van der Waals surface area contributed by atoms with Gasteiger partial charge in [0.1, 0.15) is 17.4 Å². The zero-order valence-electron chi connectivity index (χ0n) is 15.2. The number of esters is 1. The summed E-state index contributed by atoms with van der Waals surface area (Å²) in [5.74, 6) is 0.369. The van der Waals surface area contributed by atoms with Crippen molar-refractivity contribution in [2.45, 2.75) is 26.3 Å². The SMILES string of the molecule is CCOC(=O)C(N)Cc1c(-c2ccc(OC)cc2)nc2ccc(C)cn12. The van der Waals surface area contributed by atoms with Crippen LogP contribution in [0, 0.1) is 6.92 Å². The number of aryl methyl sites for hydroxylation is 1. The summed E-state index contributed by atoms with van der Waals surface area (Å²) in [6.07, 6.45) is 2.34. The third kappa shape index (κ3) is 3.55. The predicted molar refractivity (Wildman–Crippen MR) is 100 cm³/mol. The minimum atomic E-state index is -0.743. The number of nitrogens with zero attached hydrogens (tertiary/aromatic N) is 2. The summed E-state index contributed by atoms with van der Waals surface area (Å²) >= 11 is 0. The van der Waals surface area contributed by atoms with Crippen molar-refractivity contribution in [3.63, 3.8) is 0 Å². The molecule has 0 bridgehead atoms. The summed E-state index contributed by atoms with van der Waals surface area (Å²) in [7, 11) is 1.63. The van der Waals surface area contributed by atoms with Gasteiger partial charge >= 0.3 is 5.97 Å². The van der Waals surface area contributed by atoms with Crippen molar-refractivity contribution >= 4 is 11.6 Å². The first-order valence-corrected chi connectivity index (χ1v) is 8.57. The van der Waals surface area contributed by atoms with Crippen LogP contribution in [0.3, 0.4) is 0 Å². The van der Waals surface area contributed by atoms with Crippen LogP contribution < -0.4 is 10.5 Å². The molecule has 136 valence electrons. The number of pyridine rings is 1. The van der Waals surface area contributed by atoms with E-state index in [1.807, 2.05) is 53.9 Å². The Bertz CT molecular complexity index is 916. The highest BCUT2D eigenvalue weighted by molar-refractivity contribution is 5.77. The maximum absolute atomic E-state index is 12.0. The Balaban J connectivity index is 2.07. The van der Waals surface area contributed by atoms with Crippen LogP contribution in [0.5, 0.6) is 5.75 Å². The van der Waals surface area contributed by atoms with Gasteiger partial charge in [-0.2, -0.15) is 0 Å². The van der Waals surface area contributed by atoms with Crippen LogP contribution in [0.1, 0.15) is 18.2 Å². The molecule has 0 saturated heterocycles. The van der Waals surface area contributed by atoms with Crippen molar-refractivity contribution in [2.75, 3.05) is 13.7 Å². The maximum Gasteiger partial charge on any atom is 0.323 e. The van der Waals surface area contributed by atoms with Gasteiger partial charge < -0.3 is 19.6 Å². The monoisotopic (exact) mass is 353 g/mol. The maximum atomic E-state index is 12.0. The Hall–Kier alpha value is -2.86. The number of ether oxygens (including phenoxy) is 2. The Morgan fingerprint density at radius 3 is 2.62 bits per heavy atom. The van der Waals surface area contributed by atoms with Gasteiger partial charge in [0.25, 0.3) is 0 Å². The van der Waals surface area contributed by atoms with Crippen molar-refractivity contribution in [2.24, 2.45) is 5.73 Å². The fourth-order valence-corrected chi connectivity index (χ4v) is 2.92. The number of carbonyl (C=O) groups is 1. The topological polar surface area (TPSA) is 78.8 Å². The van der Waals surface area contributed by atoms with E-state index in [0.717, 1.165) is 33.9 Å². The summed E-state index contributed by atoms with van der Waals surface area (Å²) in [5, 5.41) is 0. The second-order valence-corrected chi connectivity index (χ2v) is 6.13. The molecule has 2 aromatic heterocycles. The summed E-state index contributed by atoms with van der Waals surface area (Å²) in [6, 6.07) is 10.9. The quantitative estimate of drug-likeness (QED) is 0.690. The fraction of sp³-hybridized carbons (Fsp3) is 0.300. The molecule has 0 amide bonds. The number of nitrogens with two attached hydrogens (primary N) is 1. The molecule has 0 aliphatic carbocycles. The van der Waals surface area contributed by atoms with Gasteiger partial charge in [0, 0.05) is 18.2 Å². The van der Waals surface area contributed by atoms with E-state index in [1.54, 1.807) is 14.0 Å². The van der Waals surface area contributed by atoms with Crippen LogP contribution in [0.4, 0.5) is 0 Å². The second-order valence-electron chi connectivity index (χ2n) is 6.13. The molecular formula is C20H23N3O3. The summed E-state index contributed by atoms with van der Waals surface area (Å²) in [6.45, 7) is 4.09. The third-order valence-electron chi connectivity index (χ3n) is 4.23. The van der Waals surface area contributed by atoms with E-state index in [2.05, 4.69) is 0 Å².